The quantitative estimate of drug-likeness (QED) is 0.646. The number of hydrogen-bond donors (Lipinski definition) is 2. The van der Waals surface area contributed by atoms with Crippen LogP contribution in [0.25, 0.3) is 0 Å². The lowest BCUT2D eigenvalue weighted by Crippen LogP contribution is -2.19. The fraction of sp³-hybridized carbons (Fsp3) is 0.286. The minimum Gasteiger partial charge on any atom is -0.493 e. The van der Waals surface area contributed by atoms with E-state index in [9.17, 15) is 14.4 Å². The number of primary amides is 1. The van der Waals surface area contributed by atoms with Gasteiger partial charge in [-0.25, -0.2) is 0 Å². The van der Waals surface area contributed by atoms with Crippen LogP contribution in [-0.2, 0) is 11.2 Å². The number of methoxy groups -OCH3 is 2. The molecule has 0 radical (unpaired) electrons. The maximum Gasteiger partial charge on any atom is 0.250 e. The largest absolute Gasteiger partial charge is 0.493 e. The number of nitrogens with two attached hydrogens (primary N) is 1. The summed E-state index contributed by atoms with van der Waals surface area (Å²) in [6, 6.07) is 10.2. The Kier molecular flexibility index (Phi) is 7.14. The Bertz CT molecular complexity index is 875. The predicted molar refractivity (Wildman–Crippen MR) is 106 cm³/mol. The molecule has 0 heterocycles. The van der Waals surface area contributed by atoms with Gasteiger partial charge in [-0.1, -0.05) is 31.2 Å². The molecule has 0 aliphatic heterocycles. The minimum absolute atomic E-state index is 0.0269. The molecule has 0 aliphatic carbocycles. The number of ether oxygens (including phenoxy) is 2. The van der Waals surface area contributed by atoms with E-state index in [1.165, 1.54) is 26.4 Å². The Morgan fingerprint density at radius 3 is 2.11 bits per heavy atom. The van der Waals surface area contributed by atoms with E-state index in [4.69, 9.17) is 15.2 Å². The summed E-state index contributed by atoms with van der Waals surface area (Å²) >= 11 is 0. The predicted octanol–water partition coefficient (Wildman–Crippen LogP) is 2.97. The smallest absolute Gasteiger partial charge is 0.250 e. The van der Waals surface area contributed by atoms with Gasteiger partial charge < -0.3 is 20.5 Å². The van der Waals surface area contributed by atoms with Crippen molar-refractivity contribution in [1.82, 2.24) is 0 Å². The molecule has 0 aliphatic rings. The van der Waals surface area contributed by atoms with Gasteiger partial charge in [-0.3, -0.25) is 14.4 Å². The number of Topliss-reactive ketones (excluding diaryl/α,β-unsaturated/α-hetero) is 1. The van der Waals surface area contributed by atoms with Crippen LogP contribution in [0.5, 0.6) is 11.5 Å². The zero-order chi connectivity index (χ0) is 20.7. The average Bonchev–Trinajstić information content (AvgIpc) is 2.71. The topological polar surface area (TPSA) is 108 Å². The molecule has 2 aromatic carbocycles. The first-order valence-corrected chi connectivity index (χ1v) is 8.87. The van der Waals surface area contributed by atoms with E-state index in [2.05, 4.69) is 5.32 Å². The van der Waals surface area contributed by atoms with Crippen LogP contribution in [0.1, 0.15) is 46.0 Å². The van der Waals surface area contributed by atoms with Crippen molar-refractivity contribution in [3.05, 3.63) is 53.1 Å². The molecule has 7 heteroatoms. The summed E-state index contributed by atoms with van der Waals surface area (Å²) in [5.74, 6) is -0.591. The van der Waals surface area contributed by atoms with Crippen molar-refractivity contribution in [3.63, 3.8) is 0 Å². The number of rotatable bonds is 9. The highest BCUT2D eigenvalue weighted by Gasteiger charge is 2.17. The number of aryl methyl sites for hydroxylation is 1. The molecule has 0 fully saturated rings. The van der Waals surface area contributed by atoms with Gasteiger partial charge in [0.2, 0.25) is 5.91 Å². The molecule has 148 valence electrons. The fourth-order valence-corrected chi connectivity index (χ4v) is 2.70. The van der Waals surface area contributed by atoms with Gasteiger partial charge in [0.1, 0.15) is 0 Å². The van der Waals surface area contributed by atoms with Crippen LogP contribution in [0.3, 0.4) is 0 Å². The van der Waals surface area contributed by atoms with E-state index < -0.39 is 11.8 Å². The van der Waals surface area contributed by atoms with Crippen LogP contribution < -0.4 is 20.5 Å². The summed E-state index contributed by atoms with van der Waals surface area (Å²) in [5, 5.41) is 2.62. The number of carbonyl (C=O) groups excluding carboxylic acids is 3. The number of carbonyl (C=O) groups is 3. The van der Waals surface area contributed by atoms with Crippen molar-refractivity contribution in [2.24, 2.45) is 5.73 Å². The highest BCUT2D eigenvalue weighted by atomic mass is 16.5. The summed E-state index contributed by atoms with van der Waals surface area (Å²) in [6.07, 6.45) is 0.918. The van der Waals surface area contributed by atoms with Gasteiger partial charge in [-0.05, 0) is 18.1 Å². The Labute approximate surface area is 163 Å². The third-order valence-corrected chi connectivity index (χ3v) is 4.33. The van der Waals surface area contributed by atoms with E-state index in [0.29, 0.717) is 17.1 Å². The molecule has 0 saturated carbocycles. The van der Waals surface area contributed by atoms with Gasteiger partial charge in [-0.2, -0.15) is 0 Å². The van der Waals surface area contributed by atoms with Gasteiger partial charge in [0.25, 0.3) is 5.91 Å². The molecule has 0 atom stereocenters. The Balaban J connectivity index is 2.07. The second-order valence-electron chi connectivity index (χ2n) is 6.14. The SMILES string of the molecule is CCc1ccc(C(=O)CCC(=O)Nc2cc(OC)c(OC)cc2C(N)=O)cc1. The highest BCUT2D eigenvalue weighted by molar-refractivity contribution is 6.05. The monoisotopic (exact) mass is 384 g/mol. The van der Waals surface area contributed by atoms with Crippen molar-refractivity contribution in [1.29, 1.82) is 0 Å². The molecule has 0 spiro atoms. The van der Waals surface area contributed by atoms with E-state index >= 15 is 0 Å². The normalized spacial score (nSPS) is 10.2. The number of hydrogen-bond acceptors (Lipinski definition) is 5. The molecular weight excluding hydrogens is 360 g/mol. The van der Waals surface area contributed by atoms with Gasteiger partial charge in [0.15, 0.2) is 17.3 Å². The number of ketones is 1. The van der Waals surface area contributed by atoms with Crippen molar-refractivity contribution in [2.45, 2.75) is 26.2 Å². The van der Waals surface area contributed by atoms with Crippen molar-refractivity contribution < 1.29 is 23.9 Å². The van der Waals surface area contributed by atoms with Crippen LogP contribution in [0.4, 0.5) is 5.69 Å². The summed E-state index contributed by atoms with van der Waals surface area (Å²) in [6.45, 7) is 2.04. The third-order valence-electron chi connectivity index (χ3n) is 4.33. The van der Waals surface area contributed by atoms with E-state index in [0.717, 1.165) is 12.0 Å². The maximum absolute atomic E-state index is 12.3. The summed E-state index contributed by atoms with van der Waals surface area (Å²) in [4.78, 5) is 36.3. The Morgan fingerprint density at radius 2 is 1.57 bits per heavy atom. The van der Waals surface area contributed by atoms with E-state index in [-0.39, 0.29) is 29.9 Å². The number of amides is 2. The first-order chi connectivity index (χ1) is 13.4. The molecule has 2 rings (SSSR count). The van der Waals surface area contributed by atoms with Gasteiger partial charge >= 0.3 is 0 Å². The van der Waals surface area contributed by atoms with Gasteiger partial charge in [-0.15, -0.1) is 0 Å². The van der Waals surface area contributed by atoms with Gasteiger partial charge in [0.05, 0.1) is 25.5 Å². The Hall–Kier alpha value is -3.35. The number of anilines is 1. The standard InChI is InChI=1S/C21H24N2O5/c1-4-13-5-7-14(8-6-13)17(24)9-10-20(25)23-16-12-19(28-3)18(27-2)11-15(16)21(22)26/h5-8,11-12H,4,9-10H2,1-3H3,(H2,22,26)(H,23,25). The molecule has 0 unspecified atom stereocenters. The maximum atomic E-state index is 12.3. The van der Waals surface area contributed by atoms with Crippen molar-refractivity contribution >= 4 is 23.3 Å². The number of nitrogens with one attached hydrogen (secondary N) is 1. The van der Waals surface area contributed by atoms with Crippen LogP contribution >= 0.6 is 0 Å². The third kappa shape index (κ3) is 5.09. The molecular formula is C21H24N2O5. The summed E-state index contributed by atoms with van der Waals surface area (Å²) < 4.78 is 10.3. The van der Waals surface area contributed by atoms with Gasteiger partial charge in [0, 0.05) is 24.5 Å². The molecule has 2 aromatic rings. The molecule has 0 bridgehead atoms. The lowest BCUT2D eigenvalue weighted by atomic mass is 10.0. The lowest BCUT2D eigenvalue weighted by Gasteiger charge is -2.14. The average molecular weight is 384 g/mol. The van der Waals surface area contributed by atoms with Crippen molar-refractivity contribution in [3.8, 4) is 11.5 Å². The van der Waals surface area contributed by atoms with E-state index in [1.807, 2.05) is 19.1 Å². The Morgan fingerprint density at radius 1 is 0.964 bits per heavy atom. The van der Waals surface area contributed by atoms with Crippen LogP contribution in [0.15, 0.2) is 36.4 Å². The zero-order valence-electron chi connectivity index (χ0n) is 16.2. The molecule has 28 heavy (non-hydrogen) atoms. The molecule has 0 aromatic heterocycles. The lowest BCUT2D eigenvalue weighted by molar-refractivity contribution is -0.116. The molecule has 2 amide bonds. The molecule has 7 nitrogen and oxygen atoms in total. The summed E-state index contributed by atoms with van der Waals surface area (Å²) in [7, 11) is 2.87. The van der Waals surface area contributed by atoms with Crippen molar-refractivity contribution in [2.75, 3.05) is 19.5 Å². The first kappa shape index (κ1) is 21.0. The highest BCUT2D eigenvalue weighted by Crippen LogP contribution is 2.33. The second-order valence-corrected chi connectivity index (χ2v) is 6.14. The minimum atomic E-state index is -0.719. The fourth-order valence-electron chi connectivity index (χ4n) is 2.70. The van der Waals surface area contributed by atoms with Crippen LogP contribution in [0.2, 0.25) is 0 Å². The molecule has 0 saturated heterocycles. The zero-order valence-corrected chi connectivity index (χ0v) is 16.2. The second kappa shape index (κ2) is 9.55. The van der Waals surface area contributed by atoms with Crippen LogP contribution in [0, 0.1) is 0 Å². The van der Waals surface area contributed by atoms with E-state index in [1.54, 1.807) is 12.1 Å². The summed E-state index contributed by atoms with van der Waals surface area (Å²) in [5.41, 5.74) is 7.38. The van der Waals surface area contributed by atoms with Crippen LogP contribution in [-0.4, -0.2) is 31.8 Å². The first-order valence-electron chi connectivity index (χ1n) is 8.87. The number of benzene rings is 2. The molecule has 3 N–H and O–H groups in total.